The van der Waals surface area contributed by atoms with Gasteiger partial charge < -0.3 is 28.4 Å². The molecule has 0 spiro atoms. The first-order valence-corrected chi connectivity index (χ1v) is 7.71. The zero-order valence-electron chi connectivity index (χ0n) is 14.1. The average Bonchev–Trinajstić information content (AvgIpc) is 2.60. The van der Waals surface area contributed by atoms with Crippen LogP contribution < -0.4 is 0 Å². The summed E-state index contributed by atoms with van der Waals surface area (Å²) in [5.74, 6) is 0. The topological polar surface area (TPSA) is 55.4 Å². The minimum atomic E-state index is -0.548. The highest BCUT2D eigenvalue weighted by Gasteiger charge is 2.34. The summed E-state index contributed by atoms with van der Waals surface area (Å²) in [5.41, 5.74) is 0.996. The fourth-order valence-electron chi connectivity index (χ4n) is 2.46. The van der Waals surface area contributed by atoms with Crippen LogP contribution in [0.3, 0.4) is 0 Å². The molecule has 0 radical (unpaired) electrons. The molecule has 0 N–H and O–H groups in total. The SMILES string of the molecule is COC[C@H](OC)[C@@H](OC)OC1COC(c2ccccc2)O[C@H]1C. The Morgan fingerprint density at radius 1 is 1.13 bits per heavy atom. The van der Waals surface area contributed by atoms with Crippen LogP contribution in [0.25, 0.3) is 0 Å². The monoisotopic (exact) mass is 326 g/mol. The van der Waals surface area contributed by atoms with Crippen molar-refractivity contribution < 1.29 is 28.4 Å². The molecule has 2 unspecified atom stereocenters. The highest BCUT2D eigenvalue weighted by Crippen LogP contribution is 2.28. The van der Waals surface area contributed by atoms with Crippen LogP contribution in [0.4, 0.5) is 0 Å². The minimum absolute atomic E-state index is 0.133. The normalized spacial score (nSPS) is 27.6. The van der Waals surface area contributed by atoms with Crippen LogP contribution in [0.5, 0.6) is 0 Å². The number of benzene rings is 1. The molecular formula is C17H26O6. The maximum atomic E-state index is 5.97. The predicted molar refractivity (Wildman–Crippen MR) is 84.0 cm³/mol. The van der Waals surface area contributed by atoms with Crippen molar-refractivity contribution in [2.24, 2.45) is 0 Å². The van der Waals surface area contributed by atoms with E-state index in [2.05, 4.69) is 0 Å². The van der Waals surface area contributed by atoms with E-state index in [1.165, 1.54) is 0 Å². The Bertz CT molecular complexity index is 440. The van der Waals surface area contributed by atoms with Gasteiger partial charge in [-0.3, -0.25) is 0 Å². The average molecular weight is 326 g/mol. The Morgan fingerprint density at radius 3 is 2.43 bits per heavy atom. The highest BCUT2D eigenvalue weighted by molar-refractivity contribution is 5.16. The van der Waals surface area contributed by atoms with E-state index >= 15 is 0 Å². The molecule has 0 aromatic heterocycles. The summed E-state index contributed by atoms with van der Waals surface area (Å²) in [4.78, 5) is 0. The second-order valence-electron chi connectivity index (χ2n) is 5.43. The molecule has 5 atom stereocenters. The van der Waals surface area contributed by atoms with E-state index in [-0.39, 0.29) is 24.6 Å². The molecule has 1 aromatic rings. The van der Waals surface area contributed by atoms with Crippen LogP contribution in [0.1, 0.15) is 18.8 Å². The van der Waals surface area contributed by atoms with Gasteiger partial charge in [-0.15, -0.1) is 0 Å². The smallest absolute Gasteiger partial charge is 0.186 e. The molecule has 1 aliphatic heterocycles. The molecule has 1 aliphatic rings. The largest absolute Gasteiger partial charge is 0.382 e. The van der Waals surface area contributed by atoms with E-state index in [1.807, 2.05) is 37.3 Å². The van der Waals surface area contributed by atoms with Gasteiger partial charge in [-0.05, 0) is 6.92 Å². The molecule has 6 heteroatoms. The van der Waals surface area contributed by atoms with Gasteiger partial charge in [-0.25, -0.2) is 0 Å². The summed E-state index contributed by atoms with van der Waals surface area (Å²) in [7, 11) is 4.79. The van der Waals surface area contributed by atoms with Crippen molar-refractivity contribution in [1.82, 2.24) is 0 Å². The lowest BCUT2D eigenvalue weighted by atomic mass is 10.1. The maximum Gasteiger partial charge on any atom is 0.186 e. The highest BCUT2D eigenvalue weighted by atomic mass is 16.7. The fourth-order valence-corrected chi connectivity index (χ4v) is 2.46. The third-order valence-electron chi connectivity index (χ3n) is 3.82. The summed E-state index contributed by atoms with van der Waals surface area (Å²) < 4.78 is 33.5. The van der Waals surface area contributed by atoms with E-state index in [0.29, 0.717) is 13.2 Å². The van der Waals surface area contributed by atoms with Gasteiger partial charge in [0.2, 0.25) is 0 Å². The van der Waals surface area contributed by atoms with Gasteiger partial charge in [0, 0.05) is 26.9 Å². The molecule has 6 nitrogen and oxygen atoms in total. The van der Waals surface area contributed by atoms with Crippen molar-refractivity contribution in [3.63, 3.8) is 0 Å². The third-order valence-corrected chi connectivity index (χ3v) is 3.82. The van der Waals surface area contributed by atoms with Gasteiger partial charge in [-0.2, -0.15) is 0 Å². The molecule has 0 saturated carbocycles. The second-order valence-corrected chi connectivity index (χ2v) is 5.43. The van der Waals surface area contributed by atoms with Gasteiger partial charge in [0.05, 0.1) is 19.3 Å². The van der Waals surface area contributed by atoms with Crippen LogP contribution in [-0.2, 0) is 28.4 Å². The first-order valence-electron chi connectivity index (χ1n) is 7.71. The summed E-state index contributed by atoms with van der Waals surface area (Å²) in [5, 5.41) is 0. The van der Waals surface area contributed by atoms with Crippen molar-refractivity contribution >= 4 is 0 Å². The molecule has 0 bridgehead atoms. The summed E-state index contributed by atoms with van der Waals surface area (Å²) in [6.07, 6.45) is -1.61. The lowest BCUT2D eigenvalue weighted by molar-refractivity contribution is -0.302. The Labute approximate surface area is 137 Å². The third kappa shape index (κ3) is 4.97. The zero-order valence-corrected chi connectivity index (χ0v) is 14.1. The molecule has 2 rings (SSSR count). The summed E-state index contributed by atoms with van der Waals surface area (Å²) in [6, 6.07) is 9.85. The van der Waals surface area contributed by atoms with E-state index in [1.54, 1.807) is 21.3 Å². The number of ether oxygens (including phenoxy) is 6. The van der Waals surface area contributed by atoms with E-state index in [0.717, 1.165) is 5.56 Å². The van der Waals surface area contributed by atoms with Gasteiger partial charge in [0.1, 0.15) is 12.2 Å². The quantitative estimate of drug-likeness (QED) is 0.682. The van der Waals surface area contributed by atoms with Gasteiger partial charge >= 0.3 is 0 Å². The lowest BCUT2D eigenvalue weighted by Crippen LogP contribution is -2.46. The number of hydrogen-bond acceptors (Lipinski definition) is 6. The van der Waals surface area contributed by atoms with E-state index < -0.39 is 6.29 Å². The molecule has 1 fully saturated rings. The van der Waals surface area contributed by atoms with Crippen molar-refractivity contribution in [2.45, 2.75) is 37.8 Å². The number of hydrogen-bond donors (Lipinski definition) is 0. The first kappa shape index (κ1) is 18.3. The minimum Gasteiger partial charge on any atom is -0.382 e. The maximum absolute atomic E-state index is 5.97. The van der Waals surface area contributed by atoms with Crippen LogP contribution in [0.2, 0.25) is 0 Å². The lowest BCUT2D eigenvalue weighted by Gasteiger charge is -2.37. The van der Waals surface area contributed by atoms with Gasteiger partial charge in [0.25, 0.3) is 0 Å². The Morgan fingerprint density at radius 2 is 1.87 bits per heavy atom. The molecular weight excluding hydrogens is 300 g/mol. The molecule has 0 aliphatic carbocycles. The molecule has 130 valence electrons. The standard InChI is InChI=1S/C17H26O6/c1-12-14(23-17(20-4)15(19-3)10-18-2)11-21-16(22-12)13-8-6-5-7-9-13/h5-9,12,14-17H,10-11H2,1-4H3/t12-,14?,15-,16?,17-/m0/s1. The Hall–Kier alpha value is -1.02. The molecule has 23 heavy (non-hydrogen) atoms. The van der Waals surface area contributed by atoms with Crippen molar-refractivity contribution in [2.75, 3.05) is 34.5 Å². The van der Waals surface area contributed by atoms with Crippen molar-refractivity contribution in [3.8, 4) is 0 Å². The van der Waals surface area contributed by atoms with Crippen LogP contribution in [0.15, 0.2) is 30.3 Å². The molecule has 1 saturated heterocycles. The zero-order chi connectivity index (χ0) is 16.7. The van der Waals surface area contributed by atoms with Crippen molar-refractivity contribution in [3.05, 3.63) is 35.9 Å². The van der Waals surface area contributed by atoms with Crippen LogP contribution >= 0.6 is 0 Å². The van der Waals surface area contributed by atoms with E-state index in [4.69, 9.17) is 28.4 Å². The Kier molecular flexibility index (Phi) is 7.42. The second kappa shape index (κ2) is 9.32. The molecule has 1 aromatic carbocycles. The molecule has 1 heterocycles. The number of rotatable bonds is 8. The van der Waals surface area contributed by atoms with Crippen molar-refractivity contribution in [1.29, 1.82) is 0 Å². The van der Waals surface area contributed by atoms with Crippen LogP contribution in [-0.4, -0.2) is 59.1 Å². The first-order chi connectivity index (χ1) is 11.2. The summed E-state index contributed by atoms with van der Waals surface area (Å²) in [6.45, 7) is 2.77. The van der Waals surface area contributed by atoms with Crippen LogP contribution in [0, 0.1) is 0 Å². The predicted octanol–water partition coefficient (Wildman–Crippen LogP) is 2.14. The van der Waals surface area contributed by atoms with Gasteiger partial charge in [0.15, 0.2) is 12.6 Å². The Balaban J connectivity index is 1.92. The van der Waals surface area contributed by atoms with E-state index in [9.17, 15) is 0 Å². The van der Waals surface area contributed by atoms with Gasteiger partial charge in [-0.1, -0.05) is 30.3 Å². The molecule has 0 amide bonds. The fraction of sp³-hybridized carbons (Fsp3) is 0.647. The summed E-state index contributed by atoms with van der Waals surface area (Å²) >= 11 is 0. The number of methoxy groups -OCH3 is 3.